The van der Waals surface area contributed by atoms with Crippen molar-refractivity contribution >= 4 is 0 Å². The average molecular weight is 281 g/mol. The Bertz CT molecular complexity index is 556. The van der Waals surface area contributed by atoms with Crippen LogP contribution in [0.4, 0.5) is 0 Å². The lowest BCUT2D eigenvalue weighted by molar-refractivity contribution is 0.0475. The van der Waals surface area contributed by atoms with Crippen molar-refractivity contribution < 1.29 is 5.11 Å². The summed E-state index contributed by atoms with van der Waals surface area (Å²) in [5.74, 6) is 0. The average Bonchev–Trinajstić information content (AvgIpc) is 2.96. The van der Waals surface area contributed by atoms with E-state index in [1.807, 2.05) is 6.07 Å². The Labute approximate surface area is 126 Å². The summed E-state index contributed by atoms with van der Waals surface area (Å²) in [6.07, 6.45) is 4.19. The molecule has 1 fully saturated rings. The highest BCUT2D eigenvalue weighted by molar-refractivity contribution is 5.63. The first-order valence-corrected chi connectivity index (χ1v) is 7.83. The summed E-state index contributed by atoms with van der Waals surface area (Å²) < 4.78 is 0. The highest BCUT2D eigenvalue weighted by Crippen LogP contribution is 2.28. The molecule has 2 N–H and O–H groups in total. The van der Waals surface area contributed by atoms with Crippen LogP contribution in [0.2, 0.25) is 0 Å². The molecule has 1 aliphatic carbocycles. The number of benzene rings is 2. The van der Waals surface area contributed by atoms with E-state index in [-0.39, 0.29) is 0 Å². The van der Waals surface area contributed by atoms with Gasteiger partial charge in [-0.25, -0.2) is 0 Å². The van der Waals surface area contributed by atoms with Gasteiger partial charge in [0.1, 0.15) is 0 Å². The van der Waals surface area contributed by atoms with Crippen LogP contribution in [-0.4, -0.2) is 17.3 Å². The van der Waals surface area contributed by atoms with Crippen LogP contribution in [0.3, 0.4) is 0 Å². The number of nitrogens with one attached hydrogen (secondary N) is 1. The second-order valence-electron chi connectivity index (χ2n) is 6.10. The van der Waals surface area contributed by atoms with Crippen molar-refractivity contribution in [3.8, 4) is 11.1 Å². The van der Waals surface area contributed by atoms with Crippen molar-refractivity contribution in [2.75, 3.05) is 6.54 Å². The summed E-state index contributed by atoms with van der Waals surface area (Å²) in [5.41, 5.74) is 3.28. The second kappa shape index (κ2) is 6.42. The lowest BCUT2D eigenvalue weighted by Gasteiger charge is -2.22. The van der Waals surface area contributed by atoms with Crippen LogP contribution in [0.25, 0.3) is 11.1 Å². The van der Waals surface area contributed by atoms with Crippen LogP contribution < -0.4 is 5.32 Å². The highest BCUT2D eigenvalue weighted by Gasteiger charge is 2.30. The predicted octanol–water partition coefficient (Wildman–Crippen LogP) is 3.75. The first-order chi connectivity index (χ1) is 10.3. The van der Waals surface area contributed by atoms with Gasteiger partial charge in [0.15, 0.2) is 0 Å². The molecule has 2 nitrogen and oxygen atoms in total. The maximum atomic E-state index is 10.3. The summed E-state index contributed by atoms with van der Waals surface area (Å²) in [7, 11) is 0. The van der Waals surface area contributed by atoms with Gasteiger partial charge in [0.05, 0.1) is 5.60 Å². The predicted molar refractivity (Wildman–Crippen MR) is 87.0 cm³/mol. The Hall–Kier alpha value is -1.64. The van der Waals surface area contributed by atoms with Crippen molar-refractivity contribution in [2.45, 2.75) is 37.8 Å². The van der Waals surface area contributed by atoms with Crippen LogP contribution >= 0.6 is 0 Å². The third kappa shape index (κ3) is 3.72. The Morgan fingerprint density at radius 3 is 2.14 bits per heavy atom. The van der Waals surface area contributed by atoms with E-state index < -0.39 is 5.60 Å². The van der Waals surface area contributed by atoms with E-state index in [0.717, 1.165) is 32.2 Å². The molecule has 0 bridgehead atoms. The molecule has 110 valence electrons. The van der Waals surface area contributed by atoms with E-state index in [4.69, 9.17) is 0 Å². The number of hydrogen-bond donors (Lipinski definition) is 2. The quantitative estimate of drug-likeness (QED) is 0.875. The van der Waals surface area contributed by atoms with Crippen molar-refractivity contribution in [1.82, 2.24) is 5.32 Å². The molecule has 0 aliphatic heterocycles. The molecule has 0 amide bonds. The lowest BCUT2D eigenvalue weighted by Crippen LogP contribution is -2.37. The largest absolute Gasteiger partial charge is 0.389 e. The molecule has 0 aromatic heterocycles. The van der Waals surface area contributed by atoms with Gasteiger partial charge in [0.25, 0.3) is 0 Å². The molecule has 0 atom stereocenters. The summed E-state index contributed by atoms with van der Waals surface area (Å²) in [5, 5.41) is 13.7. The molecule has 2 aromatic rings. The van der Waals surface area contributed by atoms with E-state index in [1.165, 1.54) is 16.7 Å². The van der Waals surface area contributed by atoms with Gasteiger partial charge in [-0.15, -0.1) is 0 Å². The van der Waals surface area contributed by atoms with Gasteiger partial charge < -0.3 is 10.4 Å². The topological polar surface area (TPSA) is 32.3 Å². The third-order valence-corrected chi connectivity index (χ3v) is 4.38. The van der Waals surface area contributed by atoms with Gasteiger partial charge >= 0.3 is 0 Å². The maximum absolute atomic E-state index is 10.3. The normalized spacial score (nSPS) is 17.0. The molecular weight excluding hydrogens is 258 g/mol. The van der Waals surface area contributed by atoms with Gasteiger partial charge in [-0.1, -0.05) is 67.4 Å². The number of hydrogen-bond acceptors (Lipinski definition) is 2. The van der Waals surface area contributed by atoms with Gasteiger partial charge in [0, 0.05) is 13.1 Å². The van der Waals surface area contributed by atoms with Gasteiger partial charge in [0.2, 0.25) is 0 Å². The van der Waals surface area contributed by atoms with E-state index >= 15 is 0 Å². The van der Waals surface area contributed by atoms with Crippen LogP contribution in [-0.2, 0) is 6.54 Å². The fourth-order valence-electron chi connectivity index (χ4n) is 3.10. The molecule has 21 heavy (non-hydrogen) atoms. The maximum Gasteiger partial charge on any atom is 0.0771 e. The second-order valence-corrected chi connectivity index (χ2v) is 6.10. The minimum Gasteiger partial charge on any atom is -0.389 e. The molecule has 0 heterocycles. The summed E-state index contributed by atoms with van der Waals surface area (Å²) >= 11 is 0. The summed E-state index contributed by atoms with van der Waals surface area (Å²) in [4.78, 5) is 0. The van der Waals surface area contributed by atoms with Gasteiger partial charge in [-0.3, -0.25) is 0 Å². The molecular formula is C19H23NO. The molecule has 0 spiro atoms. The minimum atomic E-state index is -0.468. The summed E-state index contributed by atoms with van der Waals surface area (Å²) in [6, 6.07) is 19.1. The molecule has 1 saturated carbocycles. The molecule has 3 rings (SSSR count). The fourth-order valence-corrected chi connectivity index (χ4v) is 3.10. The van der Waals surface area contributed by atoms with Crippen LogP contribution in [0.1, 0.15) is 31.2 Å². The third-order valence-electron chi connectivity index (χ3n) is 4.38. The summed E-state index contributed by atoms with van der Waals surface area (Å²) in [6.45, 7) is 1.52. The molecule has 0 saturated heterocycles. The Kier molecular flexibility index (Phi) is 4.37. The molecule has 0 radical (unpaired) electrons. The number of rotatable bonds is 5. The van der Waals surface area contributed by atoms with E-state index in [0.29, 0.717) is 6.54 Å². The zero-order valence-corrected chi connectivity index (χ0v) is 12.4. The van der Waals surface area contributed by atoms with Crippen LogP contribution in [0.5, 0.6) is 0 Å². The monoisotopic (exact) mass is 281 g/mol. The minimum absolute atomic E-state index is 0.468. The Balaban J connectivity index is 1.55. The van der Waals surface area contributed by atoms with Crippen molar-refractivity contribution in [1.29, 1.82) is 0 Å². The molecule has 1 aliphatic rings. The van der Waals surface area contributed by atoms with Crippen molar-refractivity contribution in [3.05, 3.63) is 60.2 Å². The van der Waals surface area contributed by atoms with E-state index in [9.17, 15) is 5.11 Å². The Morgan fingerprint density at radius 1 is 0.857 bits per heavy atom. The van der Waals surface area contributed by atoms with E-state index in [2.05, 4.69) is 53.8 Å². The van der Waals surface area contributed by atoms with Gasteiger partial charge in [-0.05, 0) is 29.5 Å². The van der Waals surface area contributed by atoms with Crippen molar-refractivity contribution in [3.63, 3.8) is 0 Å². The first kappa shape index (κ1) is 14.3. The molecule has 2 aromatic carbocycles. The fraction of sp³-hybridized carbons (Fsp3) is 0.368. The molecule has 0 unspecified atom stereocenters. The SMILES string of the molecule is OC1(CNCc2ccc(-c3ccccc3)cc2)CCCC1. The first-order valence-electron chi connectivity index (χ1n) is 7.83. The lowest BCUT2D eigenvalue weighted by atomic mass is 10.0. The zero-order valence-electron chi connectivity index (χ0n) is 12.4. The highest BCUT2D eigenvalue weighted by atomic mass is 16.3. The molecule has 2 heteroatoms. The van der Waals surface area contributed by atoms with Crippen LogP contribution in [0.15, 0.2) is 54.6 Å². The van der Waals surface area contributed by atoms with Gasteiger partial charge in [-0.2, -0.15) is 0 Å². The zero-order chi connectivity index (χ0) is 14.5. The van der Waals surface area contributed by atoms with Crippen molar-refractivity contribution in [2.24, 2.45) is 0 Å². The smallest absolute Gasteiger partial charge is 0.0771 e. The standard InChI is InChI=1S/C19H23NO/c21-19(12-4-5-13-19)15-20-14-16-8-10-18(11-9-16)17-6-2-1-3-7-17/h1-3,6-11,20-21H,4-5,12-15H2. The van der Waals surface area contributed by atoms with Crippen LogP contribution in [0, 0.1) is 0 Å². The Morgan fingerprint density at radius 2 is 1.48 bits per heavy atom. The van der Waals surface area contributed by atoms with E-state index in [1.54, 1.807) is 0 Å². The number of aliphatic hydroxyl groups is 1.